The molecule has 0 radical (unpaired) electrons. The summed E-state index contributed by atoms with van der Waals surface area (Å²) < 4.78 is 0. The van der Waals surface area contributed by atoms with Gasteiger partial charge in [-0.1, -0.05) is 55.0 Å². The van der Waals surface area contributed by atoms with E-state index in [2.05, 4.69) is 18.3 Å². The van der Waals surface area contributed by atoms with Crippen LogP contribution in [0.15, 0.2) is 66.7 Å². The zero-order valence-corrected chi connectivity index (χ0v) is 18.8. The van der Waals surface area contributed by atoms with Gasteiger partial charge in [-0.3, -0.25) is 14.5 Å². The van der Waals surface area contributed by atoms with Gasteiger partial charge in [0, 0.05) is 22.5 Å². The number of aryl methyl sites for hydroxylation is 3. The Hall–Kier alpha value is -3.05. The maximum absolute atomic E-state index is 12.9. The van der Waals surface area contributed by atoms with Crippen LogP contribution in [0, 0.1) is 13.8 Å². The van der Waals surface area contributed by atoms with Crippen LogP contribution in [0.2, 0.25) is 0 Å². The molecule has 3 aromatic carbocycles. The number of carbonyl (C=O) groups is 2. The van der Waals surface area contributed by atoms with Crippen LogP contribution in [0.1, 0.15) is 44.9 Å². The summed E-state index contributed by atoms with van der Waals surface area (Å²) in [6.45, 7) is 6.17. The third-order valence-corrected chi connectivity index (χ3v) is 6.77. The Labute approximate surface area is 187 Å². The molecule has 4 nitrogen and oxygen atoms in total. The van der Waals surface area contributed by atoms with Gasteiger partial charge in [-0.25, -0.2) is 0 Å². The highest BCUT2D eigenvalue weighted by Crippen LogP contribution is 2.45. The first-order valence-electron chi connectivity index (χ1n) is 10.5. The molecule has 4 rings (SSSR count). The normalized spacial score (nSPS) is 15.9. The number of nitrogens with one attached hydrogen (secondary N) is 1. The summed E-state index contributed by atoms with van der Waals surface area (Å²) >= 11 is 1.59. The molecule has 0 bridgehead atoms. The second kappa shape index (κ2) is 8.98. The Kier molecular flexibility index (Phi) is 6.14. The summed E-state index contributed by atoms with van der Waals surface area (Å²) in [5.41, 5.74) is 6.63. The molecule has 3 aromatic rings. The van der Waals surface area contributed by atoms with Gasteiger partial charge in [0.05, 0.1) is 5.75 Å². The molecule has 1 N–H and O–H groups in total. The molecule has 0 unspecified atom stereocenters. The molecule has 2 amide bonds. The monoisotopic (exact) mass is 430 g/mol. The lowest BCUT2D eigenvalue weighted by molar-refractivity contribution is -0.115. The fourth-order valence-corrected chi connectivity index (χ4v) is 5.11. The molecule has 1 fully saturated rings. The number of hydrogen-bond acceptors (Lipinski definition) is 3. The van der Waals surface area contributed by atoms with E-state index in [0.717, 1.165) is 28.9 Å². The highest BCUT2D eigenvalue weighted by atomic mass is 32.2. The second-order valence-electron chi connectivity index (χ2n) is 7.81. The predicted molar refractivity (Wildman–Crippen MR) is 129 cm³/mol. The molecule has 1 saturated heterocycles. The van der Waals surface area contributed by atoms with E-state index in [1.807, 2.05) is 79.4 Å². The van der Waals surface area contributed by atoms with Crippen LogP contribution in [0.4, 0.5) is 11.4 Å². The third-order valence-electron chi connectivity index (χ3n) is 5.58. The second-order valence-corrected chi connectivity index (χ2v) is 8.88. The van der Waals surface area contributed by atoms with Crippen molar-refractivity contribution < 1.29 is 9.59 Å². The van der Waals surface area contributed by atoms with Crippen molar-refractivity contribution in [2.45, 2.75) is 32.6 Å². The SMILES string of the molecule is CCc1ccc(C(=O)Nc2ccccc2[C@@H]2SCC(=O)N2c2ccc(C)cc2C)cc1. The standard InChI is InChI=1S/C26H26N2O2S/c1-4-19-10-12-20(13-11-19)25(30)27-22-8-6-5-7-21(22)26-28(24(29)16-31-26)23-14-9-17(2)15-18(23)3/h5-15,26H,4,16H2,1-3H3,(H,27,30)/t26-/m0/s1. The van der Waals surface area contributed by atoms with Crippen molar-refractivity contribution in [3.8, 4) is 0 Å². The van der Waals surface area contributed by atoms with Crippen molar-refractivity contribution in [3.63, 3.8) is 0 Å². The Morgan fingerprint density at radius 1 is 1.06 bits per heavy atom. The molecule has 31 heavy (non-hydrogen) atoms. The molecule has 0 saturated carbocycles. The fraction of sp³-hybridized carbons (Fsp3) is 0.231. The molecule has 0 spiro atoms. The molecule has 1 atom stereocenters. The van der Waals surface area contributed by atoms with E-state index in [0.29, 0.717) is 11.3 Å². The van der Waals surface area contributed by atoms with Crippen LogP contribution >= 0.6 is 11.8 Å². The van der Waals surface area contributed by atoms with E-state index in [4.69, 9.17) is 0 Å². The van der Waals surface area contributed by atoms with Gasteiger partial charge >= 0.3 is 0 Å². The fourth-order valence-electron chi connectivity index (χ4n) is 3.90. The summed E-state index contributed by atoms with van der Waals surface area (Å²) in [6.07, 6.45) is 0.936. The van der Waals surface area contributed by atoms with E-state index in [1.165, 1.54) is 11.1 Å². The van der Waals surface area contributed by atoms with Gasteiger partial charge in [0.2, 0.25) is 5.91 Å². The molecule has 0 aliphatic carbocycles. The quantitative estimate of drug-likeness (QED) is 0.548. The number of nitrogens with zero attached hydrogens (tertiary/aromatic N) is 1. The topological polar surface area (TPSA) is 49.4 Å². The molecule has 1 heterocycles. The van der Waals surface area contributed by atoms with Crippen LogP contribution in [-0.4, -0.2) is 17.6 Å². The van der Waals surface area contributed by atoms with Gasteiger partial charge in [0.1, 0.15) is 5.37 Å². The van der Waals surface area contributed by atoms with Crippen LogP contribution in [-0.2, 0) is 11.2 Å². The van der Waals surface area contributed by atoms with Crippen molar-refractivity contribution in [1.82, 2.24) is 0 Å². The van der Waals surface area contributed by atoms with Crippen molar-refractivity contribution >= 4 is 35.0 Å². The summed E-state index contributed by atoms with van der Waals surface area (Å²) in [5, 5.41) is 2.87. The van der Waals surface area contributed by atoms with Gasteiger partial charge in [0.15, 0.2) is 0 Å². The van der Waals surface area contributed by atoms with Gasteiger partial charge in [0.25, 0.3) is 5.91 Å². The first kappa shape index (κ1) is 21.2. The lowest BCUT2D eigenvalue weighted by Gasteiger charge is -2.27. The molecule has 1 aliphatic rings. The number of rotatable bonds is 5. The van der Waals surface area contributed by atoms with Gasteiger partial charge in [-0.15, -0.1) is 11.8 Å². The summed E-state index contributed by atoms with van der Waals surface area (Å²) in [6, 6.07) is 21.5. The molecular weight excluding hydrogens is 404 g/mol. The van der Waals surface area contributed by atoms with Crippen molar-refractivity contribution in [2.75, 3.05) is 16.0 Å². The number of para-hydroxylation sites is 1. The Bertz CT molecular complexity index is 1120. The van der Waals surface area contributed by atoms with Crippen LogP contribution < -0.4 is 10.2 Å². The predicted octanol–water partition coefficient (Wildman–Crippen LogP) is 5.90. The number of hydrogen-bond donors (Lipinski definition) is 1. The molecule has 158 valence electrons. The van der Waals surface area contributed by atoms with Gasteiger partial charge < -0.3 is 5.32 Å². The van der Waals surface area contributed by atoms with E-state index in [9.17, 15) is 9.59 Å². The number of thioether (sulfide) groups is 1. The number of amides is 2. The van der Waals surface area contributed by atoms with Crippen molar-refractivity contribution in [3.05, 3.63) is 94.5 Å². The Morgan fingerprint density at radius 2 is 1.81 bits per heavy atom. The summed E-state index contributed by atoms with van der Waals surface area (Å²) in [7, 11) is 0. The Morgan fingerprint density at radius 3 is 2.52 bits per heavy atom. The highest BCUT2D eigenvalue weighted by molar-refractivity contribution is 8.00. The zero-order valence-electron chi connectivity index (χ0n) is 18.0. The lowest BCUT2D eigenvalue weighted by Crippen LogP contribution is -2.29. The van der Waals surface area contributed by atoms with Crippen molar-refractivity contribution in [1.29, 1.82) is 0 Å². The van der Waals surface area contributed by atoms with E-state index >= 15 is 0 Å². The summed E-state index contributed by atoms with van der Waals surface area (Å²) in [4.78, 5) is 27.6. The molecule has 5 heteroatoms. The lowest BCUT2D eigenvalue weighted by atomic mass is 10.1. The highest BCUT2D eigenvalue weighted by Gasteiger charge is 2.36. The van der Waals surface area contributed by atoms with Crippen LogP contribution in [0.25, 0.3) is 0 Å². The van der Waals surface area contributed by atoms with Gasteiger partial charge in [-0.05, 0) is 55.7 Å². The van der Waals surface area contributed by atoms with E-state index in [-0.39, 0.29) is 17.2 Å². The minimum atomic E-state index is -0.187. The minimum absolute atomic E-state index is 0.0817. The largest absolute Gasteiger partial charge is 0.322 e. The first-order chi connectivity index (χ1) is 15.0. The third kappa shape index (κ3) is 4.37. The molecule has 1 aliphatic heterocycles. The number of carbonyl (C=O) groups excluding carboxylic acids is 2. The number of anilines is 2. The summed E-state index contributed by atoms with van der Waals surface area (Å²) in [5.74, 6) is 0.347. The average Bonchev–Trinajstić information content (AvgIpc) is 3.15. The maximum atomic E-state index is 12.9. The molecule has 0 aromatic heterocycles. The van der Waals surface area contributed by atoms with Gasteiger partial charge in [-0.2, -0.15) is 0 Å². The van der Waals surface area contributed by atoms with Crippen molar-refractivity contribution in [2.24, 2.45) is 0 Å². The average molecular weight is 431 g/mol. The molecular formula is C26H26N2O2S. The van der Waals surface area contributed by atoms with E-state index < -0.39 is 0 Å². The minimum Gasteiger partial charge on any atom is -0.322 e. The van der Waals surface area contributed by atoms with E-state index in [1.54, 1.807) is 11.8 Å². The smallest absolute Gasteiger partial charge is 0.255 e. The van der Waals surface area contributed by atoms with Crippen LogP contribution in [0.5, 0.6) is 0 Å². The Balaban J connectivity index is 1.65. The first-order valence-corrected chi connectivity index (χ1v) is 11.5. The maximum Gasteiger partial charge on any atom is 0.255 e. The number of benzene rings is 3. The zero-order chi connectivity index (χ0) is 22.0. The van der Waals surface area contributed by atoms with Crippen LogP contribution in [0.3, 0.4) is 0 Å².